The van der Waals surface area contributed by atoms with Crippen LogP contribution in [0.2, 0.25) is 0 Å². The van der Waals surface area contributed by atoms with Crippen molar-refractivity contribution < 1.29 is 0 Å². The summed E-state index contributed by atoms with van der Waals surface area (Å²) in [4.78, 5) is 0. The molecular formula is C15H19N. The van der Waals surface area contributed by atoms with Crippen molar-refractivity contribution in [2.45, 2.75) is 20.3 Å². The number of rotatable bonds is 3. The van der Waals surface area contributed by atoms with E-state index >= 15 is 0 Å². The summed E-state index contributed by atoms with van der Waals surface area (Å²) in [5.41, 5.74) is 10.6. The van der Waals surface area contributed by atoms with E-state index in [2.05, 4.69) is 38.7 Å². The Balaban J connectivity index is 2.98. The molecule has 0 aromatic heterocycles. The monoisotopic (exact) mass is 213 g/mol. The molecule has 0 atom stereocenters. The van der Waals surface area contributed by atoms with Crippen molar-refractivity contribution in [3.05, 3.63) is 71.5 Å². The Morgan fingerprint density at radius 3 is 2.62 bits per heavy atom. The number of nitrogens with two attached hydrogens (primary N) is 1. The molecule has 0 heterocycles. The molecular weight excluding hydrogens is 194 g/mol. The van der Waals surface area contributed by atoms with Crippen LogP contribution in [-0.2, 0) is 0 Å². The second-order valence-electron chi connectivity index (χ2n) is 3.92. The molecule has 16 heavy (non-hydrogen) atoms. The lowest BCUT2D eigenvalue weighted by molar-refractivity contribution is 1.08. The van der Waals surface area contributed by atoms with E-state index in [1.807, 2.05) is 12.2 Å². The Hall–Kier alpha value is -1.76. The van der Waals surface area contributed by atoms with Gasteiger partial charge in [-0.15, -0.1) is 0 Å². The van der Waals surface area contributed by atoms with Gasteiger partial charge in [0.2, 0.25) is 0 Å². The summed E-state index contributed by atoms with van der Waals surface area (Å²) in [7, 11) is 0. The van der Waals surface area contributed by atoms with Crippen LogP contribution in [0, 0.1) is 0 Å². The molecule has 1 nitrogen and oxygen atoms in total. The first-order valence-electron chi connectivity index (χ1n) is 5.44. The van der Waals surface area contributed by atoms with Gasteiger partial charge < -0.3 is 5.73 Å². The normalized spacial score (nSPS) is 19.9. The topological polar surface area (TPSA) is 26.0 Å². The summed E-state index contributed by atoms with van der Waals surface area (Å²) >= 11 is 0. The largest absolute Gasteiger partial charge is 0.405 e. The highest BCUT2D eigenvalue weighted by atomic mass is 14.5. The first-order valence-corrected chi connectivity index (χ1v) is 5.44. The number of hydrogen-bond acceptors (Lipinski definition) is 1. The van der Waals surface area contributed by atoms with Gasteiger partial charge in [-0.1, -0.05) is 42.5 Å². The Kier molecular flexibility index (Phi) is 4.59. The molecule has 0 unspecified atom stereocenters. The zero-order valence-electron chi connectivity index (χ0n) is 10.0. The fourth-order valence-corrected chi connectivity index (χ4v) is 1.87. The average Bonchev–Trinajstić information content (AvgIpc) is 2.25. The van der Waals surface area contributed by atoms with Crippen LogP contribution in [0.1, 0.15) is 20.3 Å². The van der Waals surface area contributed by atoms with Gasteiger partial charge in [0.15, 0.2) is 0 Å². The predicted octanol–water partition coefficient (Wildman–Crippen LogP) is 3.79. The standard InChI is InChI=1S/C15H19N/c1-4-5-8-15-12(2)10-14(7-6-9-16)11-13(15)3/h4-10H,1,11,16H2,2-3H3/b8-5-,9-6-,14-7-. The van der Waals surface area contributed by atoms with Crippen molar-refractivity contribution in [2.75, 3.05) is 0 Å². The fraction of sp³-hybridized carbons (Fsp3) is 0.200. The molecule has 0 amide bonds. The minimum atomic E-state index is 0.985. The van der Waals surface area contributed by atoms with E-state index in [1.54, 1.807) is 12.3 Å². The molecule has 0 aliphatic heterocycles. The molecule has 84 valence electrons. The first kappa shape index (κ1) is 12.3. The zero-order valence-corrected chi connectivity index (χ0v) is 10.0. The van der Waals surface area contributed by atoms with Gasteiger partial charge in [0.1, 0.15) is 0 Å². The van der Waals surface area contributed by atoms with Crippen LogP contribution >= 0.6 is 0 Å². The maximum absolute atomic E-state index is 5.33. The Morgan fingerprint density at radius 2 is 2.06 bits per heavy atom. The average molecular weight is 213 g/mol. The number of allylic oxidation sites excluding steroid dienone is 10. The van der Waals surface area contributed by atoms with Crippen LogP contribution < -0.4 is 5.73 Å². The number of hydrogen-bond donors (Lipinski definition) is 1. The summed E-state index contributed by atoms with van der Waals surface area (Å²) < 4.78 is 0. The lowest BCUT2D eigenvalue weighted by atomic mass is 9.89. The molecule has 2 N–H and O–H groups in total. The van der Waals surface area contributed by atoms with E-state index in [9.17, 15) is 0 Å². The van der Waals surface area contributed by atoms with E-state index in [4.69, 9.17) is 5.73 Å². The van der Waals surface area contributed by atoms with Gasteiger partial charge in [0, 0.05) is 0 Å². The predicted molar refractivity (Wildman–Crippen MR) is 71.8 cm³/mol. The molecule has 0 saturated heterocycles. The highest BCUT2D eigenvalue weighted by Gasteiger charge is 2.09. The molecule has 0 radical (unpaired) electrons. The van der Waals surface area contributed by atoms with Crippen LogP contribution in [-0.4, -0.2) is 0 Å². The van der Waals surface area contributed by atoms with Crippen LogP contribution in [0.25, 0.3) is 0 Å². The molecule has 1 rings (SSSR count). The quantitative estimate of drug-likeness (QED) is 0.709. The fourth-order valence-electron chi connectivity index (χ4n) is 1.87. The van der Waals surface area contributed by atoms with Crippen LogP contribution in [0.5, 0.6) is 0 Å². The lowest BCUT2D eigenvalue weighted by Gasteiger charge is -2.16. The molecule has 0 aromatic rings. The van der Waals surface area contributed by atoms with E-state index in [-0.39, 0.29) is 0 Å². The Morgan fingerprint density at radius 1 is 1.31 bits per heavy atom. The molecule has 0 saturated carbocycles. The van der Waals surface area contributed by atoms with Crippen LogP contribution in [0.3, 0.4) is 0 Å². The zero-order chi connectivity index (χ0) is 12.0. The van der Waals surface area contributed by atoms with E-state index in [0.29, 0.717) is 0 Å². The minimum absolute atomic E-state index is 0.985. The van der Waals surface area contributed by atoms with E-state index < -0.39 is 0 Å². The third-order valence-electron chi connectivity index (χ3n) is 2.58. The molecule has 0 aromatic carbocycles. The molecule has 1 aliphatic carbocycles. The molecule has 0 fully saturated rings. The lowest BCUT2D eigenvalue weighted by Crippen LogP contribution is -1.97. The molecule has 0 bridgehead atoms. The van der Waals surface area contributed by atoms with E-state index in [0.717, 1.165) is 6.42 Å². The second kappa shape index (κ2) is 5.96. The van der Waals surface area contributed by atoms with Gasteiger partial charge in [-0.2, -0.15) is 0 Å². The summed E-state index contributed by atoms with van der Waals surface area (Å²) in [6.45, 7) is 7.98. The van der Waals surface area contributed by atoms with E-state index in [1.165, 1.54) is 22.3 Å². The third-order valence-corrected chi connectivity index (χ3v) is 2.58. The third kappa shape index (κ3) is 3.13. The second-order valence-corrected chi connectivity index (χ2v) is 3.92. The Labute approximate surface area is 98.0 Å². The van der Waals surface area contributed by atoms with Gasteiger partial charge in [-0.3, -0.25) is 0 Å². The van der Waals surface area contributed by atoms with Crippen LogP contribution in [0.15, 0.2) is 71.5 Å². The molecule has 0 spiro atoms. The van der Waals surface area contributed by atoms with Gasteiger partial charge in [0.25, 0.3) is 0 Å². The van der Waals surface area contributed by atoms with Crippen molar-refractivity contribution in [1.29, 1.82) is 0 Å². The van der Waals surface area contributed by atoms with Crippen molar-refractivity contribution in [2.24, 2.45) is 5.73 Å². The van der Waals surface area contributed by atoms with Crippen molar-refractivity contribution >= 4 is 0 Å². The van der Waals surface area contributed by atoms with Crippen molar-refractivity contribution in [3.8, 4) is 0 Å². The SMILES string of the molecule is C=C/C=C\C1=C(C)C/C(=C\C=C/N)C=C1C. The summed E-state index contributed by atoms with van der Waals surface area (Å²) in [6.07, 6.45) is 14.6. The summed E-state index contributed by atoms with van der Waals surface area (Å²) in [5.74, 6) is 0. The van der Waals surface area contributed by atoms with Crippen LogP contribution in [0.4, 0.5) is 0 Å². The van der Waals surface area contributed by atoms with Gasteiger partial charge in [-0.05, 0) is 49.3 Å². The molecule has 1 heteroatoms. The first-order chi connectivity index (χ1) is 7.69. The highest BCUT2D eigenvalue weighted by Crippen LogP contribution is 2.28. The van der Waals surface area contributed by atoms with Gasteiger partial charge in [-0.25, -0.2) is 0 Å². The smallest absolute Gasteiger partial charge is 0.00607 e. The maximum atomic E-state index is 5.33. The highest BCUT2D eigenvalue weighted by molar-refractivity contribution is 5.51. The van der Waals surface area contributed by atoms with Gasteiger partial charge in [0.05, 0.1) is 0 Å². The summed E-state index contributed by atoms with van der Waals surface area (Å²) in [5, 5.41) is 0. The maximum Gasteiger partial charge on any atom is -0.00607 e. The Bertz CT molecular complexity index is 415. The summed E-state index contributed by atoms with van der Waals surface area (Å²) in [6, 6.07) is 0. The van der Waals surface area contributed by atoms with Crippen molar-refractivity contribution in [3.63, 3.8) is 0 Å². The minimum Gasteiger partial charge on any atom is -0.405 e. The van der Waals surface area contributed by atoms with Gasteiger partial charge >= 0.3 is 0 Å². The van der Waals surface area contributed by atoms with Crippen molar-refractivity contribution in [1.82, 2.24) is 0 Å². The molecule has 1 aliphatic rings.